The molecule has 1 fully saturated rings. The highest BCUT2D eigenvalue weighted by Crippen LogP contribution is 2.19. The van der Waals surface area contributed by atoms with Crippen molar-refractivity contribution in [2.24, 2.45) is 0 Å². The van der Waals surface area contributed by atoms with Crippen LogP contribution in [0, 0.1) is 0 Å². The molecule has 1 heterocycles. The van der Waals surface area contributed by atoms with Crippen LogP contribution in [-0.2, 0) is 20.9 Å². The number of benzene rings is 3. The van der Waals surface area contributed by atoms with Crippen LogP contribution in [0.15, 0.2) is 78.9 Å². The van der Waals surface area contributed by atoms with Crippen molar-refractivity contribution in [1.29, 1.82) is 0 Å². The molecule has 8 heteroatoms. The molecule has 0 radical (unpaired) electrons. The van der Waals surface area contributed by atoms with Crippen LogP contribution in [0.25, 0.3) is 0 Å². The fraction of sp³-hybridized carbons (Fsp3) is 0.259. The van der Waals surface area contributed by atoms with Crippen molar-refractivity contribution in [2.45, 2.75) is 6.61 Å². The van der Waals surface area contributed by atoms with Gasteiger partial charge in [0.05, 0.1) is 19.8 Å². The van der Waals surface area contributed by atoms with E-state index in [1.54, 1.807) is 36.4 Å². The first-order valence-electron chi connectivity index (χ1n) is 11.5. The van der Waals surface area contributed by atoms with Gasteiger partial charge in [0.15, 0.2) is 6.61 Å². The summed E-state index contributed by atoms with van der Waals surface area (Å²) in [6.45, 7) is 3.51. The van der Waals surface area contributed by atoms with Gasteiger partial charge in [-0.3, -0.25) is 14.5 Å². The van der Waals surface area contributed by atoms with E-state index < -0.39 is 0 Å². The highest BCUT2D eigenvalue weighted by atomic mass is 16.5. The van der Waals surface area contributed by atoms with E-state index in [4.69, 9.17) is 14.2 Å². The third-order valence-corrected chi connectivity index (χ3v) is 5.37. The first kappa shape index (κ1) is 24.3. The average Bonchev–Trinajstić information content (AvgIpc) is 2.89. The lowest BCUT2D eigenvalue weighted by atomic mass is 10.2. The van der Waals surface area contributed by atoms with Crippen molar-refractivity contribution in [3.63, 3.8) is 0 Å². The van der Waals surface area contributed by atoms with Gasteiger partial charge in [0.1, 0.15) is 18.1 Å². The van der Waals surface area contributed by atoms with E-state index >= 15 is 0 Å². The van der Waals surface area contributed by atoms with E-state index in [-0.39, 0.29) is 18.4 Å². The van der Waals surface area contributed by atoms with Crippen molar-refractivity contribution in [2.75, 3.05) is 50.1 Å². The number of rotatable bonds is 10. The summed E-state index contributed by atoms with van der Waals surface area (Å²) in [5, 5.41) is 5.65. The smallest absolute Gasteiger partial charge is 0.262 e. The van der Waals surface area contributed by atoms with Gasteiger partial charge in [-0.25, -0.2) is 0 Å². The minimum absolute atomic E-state index is 0.0754. The second-order valence-corrected chi connectivity index (χ2v) is 8.10. The Balaban J connectivity index is 1.17. The Labute approximate surface area is 204 Å². The topological polar surface area (TPSA) is 89.1 Å². The molecule has 35 heavy (non-hydrogen) atoms. The number of carbonyl (C=O) groups excluding carboxylic acids is 2. The molecular weight excluding hydrogens is 446 g/mol. The van der Waals surface area contributed by atoms with Crippen LogP contribution in [0.3, 0.4) is 0 Å². The Morgan fingerprint density at radius 1 is 0.743 bits per heavy atom. The minimum atomic E-state index is -0.279. The van der Waals surface area contributed by atoms with Gasteiger partial charge in [-0.2, -0.15) is 0 Å². The molecule has 0 bridgehead atoms. The van der Waals surface area contributed by atoms with E-state index in [2.05, 4.69) is 15.5 Å². The number of anilines is 2. The van der Waals surface area contributed by atoms with Gasteiger partial charge in [-0.1, -0.05) is 30.3 Å². The second kappa shape index (κ2) is 12.5. The van der Waals surface area contributed by atoms with Crippen LogP contribution in [0.1, 0.15) is 5.56 Å². The molecule has 0 aromatic heterocycles. The molecule has 0 atom stereocenters. The standard InChI is InChI=1S/C27H29N3O5/c31-26(18-30-14-16-33-17-15-30)28-22-6-8-23(9-7-22)29-27(32)20-35-25-12-10-24(11-13-25)34-19-21-4-2-1-3-5-21/h1-13H,14-20H2,(H,28,31)(H,29,32). The number of hydrogen-bond acceptors (Lipinski definition) is 6. The lowest BCUT2D eigenvalue weighted by Crippen LogP contribution is -2.41. The summed E-state index contributed by atoms with van der Waals surface area (Å²) in [7, 11) is 0. The molecule has 1 aliphatic rings. The number of hydrogen-bond donors (Lipinski definition) is 2. The second-order valence-electron chi connectivity index (χ2n) is 8.10. The maximum atomic E-state index is 12.2. The first-order valence-corrected chi connectivity index (χ1v) is 11.5. The molecule has 182 valence electrons. The molecular formula is C27H29N3O5. The molecule has 1 aliphatic heterocycles. The summed E-state index contributed by atoms with van der Waals surface area (Å²) >= 11 is 0. The Hall–Kier alpha value is -3.88. The Bertz CT molecular complexity index is 1080. The largest absolute Gasteiger partial charge is 0.489 e. The highest BCUT2D eigenvalue weighted by Gasteiger charge is 2.14. The number of nitrogens with zero attached hydrogens (tertiary/aromatic N) is 1. The van der Waals surface area contributed by atoms with Gasteiger partial charge in [0.25, 0.3) is 5.91 Å². The molecule has 4 rings (SSSR count). The van der Waals surface area contributed by atoms with Crippen molar-refractivity contribution in [1.82, 2.24) is 4.90 Å². The molecule has 3 aromatic rings. The lowest BCUT2D eigenvalue weighted by molar-refractivity contribution is -0.119. The Morgan fingerprint density at radius 2 is 1.31 bits per heavy atom. The molecule has 0 aliphatic carbocycles. The lowest BCUT2D eigenvalue weighted by Gasteiger charge is -2.25. The molecule has 0 unspecified atom stereocenters. The van der Waals surface area contributed by atoms with E-state index in [9.17, 15) is 9.59 Å². The summed E-state index contributed by atoms with van der Waals surface area (Å²) in [5.74, 6) is 0.945. The zero-order valence-corrected chi connectivity index (χ0v) is 19.4. The van der Waals surface area contributed by atoms with Crippen LogP contribution in [0.2, 0.25) is 0 Å². The average molecular weight is 476 g/mol. The summed E-state index contributed by atoms with van der Waals surface area (Å²) in [5.41, 5.74) is 2.38. The number of morpholine rings is 1. The monoisotopic (exact) mass is 475 g/mol. The quantitative estimate of drug-likeness (QED) is 0.466. The normalized spacial score (nSPS) is 13.6. The summed E-state index contributed by atoms with van der Waals surface area (Å²) < 4.78 is 16.6. The molecule has 2 amide bonds. The van der Waals surface area contributed by atoms with Crippen molar-refractivity contribution in [3.8, 4) is 11.5 Å². The van der Waals surface area contributed by atoms with Gasteiger partial charge in [-0.15, -0.1) is 0 Å². The third-order valence-electron chi connectivity index (χ3n) is 5.37. The van der Waals surface area contributed by atoms with E-state index in [1.807, 2.05) is 42.5 Å². The third kappa shape index (κ3) is 8.13. The highest BCUT2D eigenvalue weighted by molar-refractivity contribution is 5.94. The maximum absolute atomic E-state index is 12.2. The zero-order chi connectivity index (χ0) is 24.3. The minimum Gasteiger partial charge on any atom is -0.489 e. The van der Waals surface area contributed by atoms with E-state index in [1.165, 1.54) is 0 Å². The molecule has 0 saturated carbocycles. The van der Waals surface area contributed by atoms with E-state index in [0.717, 1.165) is 24.4 Å². The van der Waals surface area contributed by atoms with Gasteiger partial charge in [0.2, 0.25) is 5.91 Å². The summed E-state index contributed by atoms with van der Waals surface area (Å²) in [4.78, 5) is 26.5. The number of carbonyl (C=O) groups is 2. The SMILES string of the molecule is O=C(COc1ccc(OCc2ccccc2)cc1)Nc1ccc(NC(=O)CN2CCOCC2)cc1. The number of nitrogens with one attached hydrogen (secondary N) is 2. The molecule has 2 N–H and O–H groups in total. The maximum Gasteiger partial charge on any atom is 0.262 e. The Morgan fingerprint density at radius 3 is 1.94 bits per heavy atom. The van der Waals surface area contributed by atoms with Gasteiger partial charge in [0, 0.05) is 24.5 Å². The predicted molar refractivity (Wildman–Crippen MR) is 134 cm³/mol. The van der Waals surface area contributed by atoms with Gasteiger partial charge < -0.3 is 24.8 Å². The van der Waals surface area contributed by atoms with Crippen molar-refractivity contribution < 1.29 is 23.8 Å². The van der Waals surface area contributed by atoms with Crippen LogP contribution in [0.4, 0.5) is 11.4 Å². The molecule has 3 aromatic carbocycles. The van der Waals surface area contributed by atoms with Gasteiger partial charge >= 0.3 is 0 Å². The van der Waals surface area contributed by atoms with Gasteiger partial charge in [-0.05, 0) is 54.1 Å². The number of amides is 2. The van der Waals surface area contributed by atoms with Crippen LogP contribution in [-0.4, -0.2) is 56.2 Å². The fourth-order valence-electron chi connectivity index (χ4n) is 3.52. The summed E-state index contributed by atoms with van der Waals surface area (Å²) in [6.07, 6.45) is 0. The Kier molecular flexibility index (Phi) is 8.69. The van der Waals surface area contributed by atoms with Crippen LogP contribution < -0.4 is 20.1 Å². The number of ether oxygens (including phenoxy) is 3. The molecule has 0 spiro atoms. The van der Waals surface area contributed by atoms with E-state index in [0.29, 0.717) is 43.5 Å². The first-order chi connectivity index (χ1) is 17.1. The molecule has 8 nitrogen and oxygen atoms in total. The molecule has 1 saturated heterocycles. The predicted octanol–water partition coefficient (Wildman–Crippen LogP) is 3.55. The van der Waals surface area contributed by atoms with Crippen molar-refractivity contribution in [3.05, 3.63) is 84.4 Å². The summed E-state index contributed by atoms with van der Waals surface area (Å²) in [6, 6.07) is 24.1. The van der Waals surface area contributed by atoms with Crippen LogP contribution >= 0.6 is 0 Å². The fourth-order valence-corrected chi connectivity index (χ4v) is 3.52. The van der Waals surface area contributed by atoms with Crippen LogP contribution in [0.5, 0.6) is 11.5 Å². The van der Waals surface area contributed by atoms with Crippen molar-refractivity contribution >= 4 is 23.2 Å². The zero-order valence-electron chi connectivity index (χ0n) is 19.4.